The summed E-state index contributed by atoms with van der Waals surface area (Å²) < 4.78 is 5.27. The number of rotatable bonds is 7. The molecule has 0 unspecified atom stereocenters. The van der Waals surface area contributed by atoms with Gasteiger partial charge in [-0.1, -0.05) is 11.3 Å². The first kappa shape index (κ1) is 17.7. The Labute approximate surface area is 130 Å². The molecule has 0 bridgehead atoms. The highest BCUT2D eigenvalue weighted by Gasteiger charge is 2.14. The molecule has 0 atom stereocenters. The lowest BCUT2D eigenvalue weighted by Crippen LogP contribution is -2.41. The Bertz CT molecular complexity index is 466. The van der Waals surface area contributed by atoms with Crippen molar-refractivity contribution >= 4 is 22.4 Å². The van der Waals surface area contributed by atoms with Gasteiger partial charge in [-0.2, -0.15) is 4.98 Å². The first-order chi connectivity index (χ1) is 9.73. The van der Waals surface area contributed by atoms with Crippen LogP contribution in [0.15, 0.2) is 0 Å². The van der Waals surface area contributed by atoms with Gasteiger partial charge < -0.3 is 20.3 Å². The van der Waals surface area contributed by atoms with Gasteiger partial charge in [-0.3, -0.25) is 4.79 Å². The molecule has 1 amide bonds. The van der Waals surface area contributed by atoms with Crippen LogP contribution in [0.3, 0.4) is 0 Å². The topological polar surface area (TPSA) is 66.5 Å². The van der Waals surface area contributed by atoms with Crippen molar-refractivity contribution in [3.8, 4) is 5.88 Å². The number of carbonyl (C=O) groups excluding carboxylic acids is 1. The van der Waals surface area contributed by atoms with Crippen LogP contribution in [-0.2, 0) is 11.3 Å². The second-order valence-corrected chi connectivity index (χ2v) is 7.11. The van der Waals surface area contributed by atoms with Gasteiger partial charge >= 0.3 is 0 Å². The Balaban J connectivity index is 2.41. The third-order valence-electron chi connectivity index (χ3n) is 2.55. The van der Waals surface area contributed by atoms with Crippen LogP contribution in [-0.4, -0.2) is 44.2 Å². The van der Waals surface area contributed by atoms with Gasteiger partial charge in [0.15, 0.2) is 5.13 Å². The van der Waals surface area contributed by atoms with Crippen molar-refractivity contribution in [2.75, 3.05) is 32.6 Å². The summed E-state index contributed by atoms with van der Waals surface area (Å²) in [5.74, 6) is 0.704. The third kappa shape index (κ3) is 6.31. The van der Waals surface area contributed by atoms with E-state index in [0.717, 1.165) is 10.0 Å². The number of amides is 1. The highest BCUT2D eigenvalue weighted by molar-refractivity contribution is 7.15. The maximum atomic E-state index is 11.7. The fourth-order valence-corrected chi connectivity index (χ4v) is 2.59. The van der Waals surface area contributed by atoms with E-state index in [1.807, 2.05) is 39.8 Å². The molecule has 0 aromatic carbocycles. The molecule has 0 fully saturated rings. The zero-order valence-corrected chi connectivity index (χ0v) is 14.6. The number of hydrogen-bond donors (Lipinski definition) is 2. The van der Waals surface area contributed by atoms with Gasteiger partial charge in [-0.05, 0) is 20.8 Å². The molecule has 21 heavy (non-hydrogen) atoms. The van der Waals surface area contributed by atoms with E-state index < -0.39 is 0 Å². The highest BCUT2D eigenvalue weighted by atomic mass is 32.1. The summed E-state index contributed by atoms with van der Waals surface area (Å²) in [6, 6.07) is 0. The quantitative estimate of drug-likeness (QED) is 0.749. The molecule has 7 heteroatoms. The van der Waals surface area contributed by atoms with Crippen LogP contribution in [0.25, 0.3) is 0 Å². The van der Waals surface area contributed by atoms with Crippen LogP contribution in [0.2, 0.25) is 0 Å². The highest BCUT2D eigenvalue weighted by Crippen LogP contribution is 2.30. The smallest absolute Gasteiger partial charge is 0.230 e. The van der Waals surface area contributed by atoms with Crippen molar-refractivity contribution < 1.29 is 9.53 Å². The van der Waals surface area contributed by atoms with Crippen molar-refractivity contribution in [3.05, 3.63) is 4.88 Å². The molecule has 1 heterocycles. The van der Waals surface area contributed by atoms with Gasteiger partial charge in [0, 0.05) is 39.1 Å². The average molecular weight is 314 g/mol. The van der Waals surface area contributed by atoms with E-state index in [2.05, 4.69) is 15.6 Å². The molecule has 0 aliphatic carbocycles. The zero-order valence-electron chi connectivity index (χ0n) is 13.7. The van der Waals surface area contributed by atoms with Crippen LogP contribution in [0.1, 0.15) is 32.1 Å². The number of hydrogen-bond acceptors (Lipinski definition) is 6. The number of thiazole rings is 1. The van der Waals surface area contributed by atoms with Crippen LogP contribution >= 0.6 is 11.3 Å². The summed E-state index contributed by atoms with van der Waals surface area (Å²) in [7, 11) is 5.52. The largest absolute Gasteiger partial charge is 0.480 e. The maximum Gasteiger partial charge on any atom is 0.230 e. The van der Waals surface area contributed by atoms with Gasteiger partial charge in [-0.15, -0.1) is 0 Å². The molecule has 2 N–H and O–H groups in total. The predicted molar refractivity (Wildman–Crippen MR) is 87.2 cm³/mol. The number of anilines is 1. The lowest BCUT2D eigenvalue weighted by atomic mass is 10.1. The molecule has 0 saturated heterocycles. The monoisotopic (exact) mass is 314 g/mol. The molecule has 1 aromatic heterocycles. The first-order valence-electron chi connectivity index (χ1n) is 6.95. The Morgan fingerprint density at radius 3 is 2.57 bits per heavy atom. The maximum absolute atomic E-state index is 11.7. The molecule has 0 aliphatic rings. The molecular weight excluding hydrogens is 288 g/mol. The minimum Gasteiger partial charge on any atom is -0.480 e. The Morgan fingerprint density at radius 2 is 2.05 bits per heavy atom. The van der Waals surface area contributed by atoms with Crippen molar-refractivity contribution in [1.82, 2.24) is 15.6 Å². The molecule has 120 valence electrons. The summed E-state index contributed by atoms with van der Waals surface area (Å²) in [5, 5.41) is 7.11. The Kier molecular flexibility index (Phi) is 6.42. The van der Waals surface area contributed by atoms with E-state index in [1.54, 1.807) is 18.4 Å². The van der Waals surface area contributed by atoms with E-state index in [4.69, 9.17) is 4.74 Å². The van der Waals surface area contributed by atoms with Crippen molar-refractivity contribution in [1.29, 1.82) is 0 Å². The molecule has 0 aliphatic heterocycles. The van der Waals surface area contributed by atoms with E-state index in [1.165, 1.54) is 0 Å². The summed E-state index contributed by atoms with van der Waals surface area (Å²) in [6.07, 6.45) is 0.457. The molecule has 0 saturated carbocycles. The summed E-state index contributed by atoms with van der Waals surface area (Å²) in [5.41, 5.74) is -0.182. The minimum absolute atomic E-state index is 0.0558. The fourth-order valence-electron chi connectivity index (χ4n) is 1.67. The summed E-state index contributed by atoms with van der Waals surface area (Å²) in [6.45, 7) is 7.20. The number of methoxy groups -OCH3 is 1. The van der Waals surface area contributed by atoms with E-state index in [-0.39, 0.29) is 11.4 Å². The SMILES string of the molecule is COc1nc(N(C)C)sc1CNCCC(=O)NC(C)(C)C. The average Bonchev–Trinajstić information content (AvgIpc) is 2.76. The van der Waals surface area contributed by atoms with Crippen molar-refractivity contribution in [2.24, 2.45) is 0 Å². The zero-order chi connectivity index (χ0) is 16.0. The Morgan fingerprint density at radius 1 is 1.38 bits per heavy atom. The van der Waals surface area contributed by atoms with Gasteiger partial charge in [0.2, 0.25) is 11.8 Å². The molecule has 0 radical (unpaired) electrons. The molecule has 6 nitrogen and oxygen atoms in total. The van der Waals surface area contributed by atoms with E-state index in [0.29, 0.717) is 25.4 Å². The van der Waals surface area contributed by atoms with Crippen LogP contribution in [0.5, 0.6) is 5.88 Å². The second-order valence-electron chi connectivity index (χ2n) is 6.05. The van der Waals surface area contributed by atoms with E-state index in [9.17, 15) is 4.79 Å². The number of carbonyl (C=O) groups is 1. The molecule has 1 rings (SSSR count). The molecule has 0 spiro atoms. The normalized spacial score (nSPS) is 11.3. The number of aromatic nitrogens is 1. The number of ether oxygens (including phenoxy) is 1. The lowest BCUT2D eigenvalue weighted by Gasteiger charge is -2.20. The van der Waals surface area contributed by atoms with Crippen LogP contribution in [0, 0.1) is 0 Å². The lowest BCUT2D eigenvalue weighted by molar-refractivity contribution is -0.122. The second kappa shape index (κ2) is 7.61. The first-order valence-corrected chi connectivity index (χ1v) is 7.77. The van der Waals surface area contributed by atoms with Crippen LogP contribution in [0.4, 0.5) is 5.13 Å². The predicted octanol–water partition coefficient (Wildman–Crippen LogP) is 1.61. The Hall–Kier alpha value is -1.34. The summed E-state index contributed by atoms with van der Waals surface area (Å²) >= 11 is 1.59. The van der Waals surface area contributed by atoms with Crippen molar-refractivity contribution in [3.63, 3.8) is 0 Å². The number of nitrogens with one attached hydrogen (secondary N) is 2. The summed E-state index contributed by atoms with van der Waals surface area (Å²) in [4.78, 5) is 19.1. The molecular formula is C14H26N4O2S. The van der Waals surface area contributed by atoms with E-state index >= 15 is 0 Å². The van der Waals surface area contributed by atoms with Crippen LogP contribution < -0.4 is 20.3 Å². The van der Waals surface area contributed by atoms with Gasteiger partial charge in [0.25, 0.3) is 0 Å². The molecule has 1 aromatic rings. The fraction of sp³-hybridized carbons (Fsp3) is 0.714. The minimum atomic E-state index is -0.182. The number of nitrogens with zero attached hydrogens (tertiary/aromatic N) is 2. The van der Waals surface area contributed by atoms with Gasteiger partial charge in [-0.25, -0.2) is 0 Å². The van der Waals surface area contributed by atoms with Crippen molar-refractivity contribution in [2.45, 2.75) is 39.3 Å². The third-order valence-corrected chi connectivity index (χ3v) is 3.76. The van der Waals surface area contributed by atoms with Gasteiger partial charge in [0.1, 0.15) is 0 Å². The standard InChI is InChI=1S/C14H26N4O2S/c1-14(2,3)17-11(19)7-8-15-9-10-12(20-6)16-13(21-10)18(4)5/h15H,7-9H2,1-6H3,(H,17,19). The van der Waals surface area contributed by atoms with Gasteiger partial charge in [0.05, 0.1) is 12.0 Å².